The van der Waals surface area contributed by atoms with Gasteiger partial charge in [-0.25, -0.2) is 4.39 Å². The van der Waals surface area contributed by atoms with Gasteiger partial charge in [-0.15, -0.1) is 0 Å². The van der Waals surface area contributed by atoms with Crippen molar-refractivity contribution < 1.29 is 14.0 Å². The number of halogens is 1. The highest BCUT2D eigenvalue weighted by Crippen LogP contribution is 2.21. The molecule has 0 saturated carbocycles. The third kappa shape index (κ3) is 4.88. The van der Waals surface area contributed by atoms with Crippen molar-refractivity contribution in [3.8, 4) is 0 Å². The summed E-state index contributed by atoms with van der Waals surface area (Å²) in [5.41, 5.74) is 1.94. The zero-order valence-corrected chi connectivity index (χ0v) is 16.3. The van der Waals surface area contributed by atoms with Crippen molar-refractivity contribution in [3.05, 3.63) is 59.9 Å². The highest BCUT2D eigenvalue weighted by Gasteiger charge is 2.24. The van der Waals surface area contributed by atoms with Gasteiger partial charge in [-0.2, -0.15) is 0 Å². The summed E-state index contributed by atoms with van der Waals surface area (Å²) in [6.45, 7) is 6.47. The van der Waals surface area contributed by atoms with E-state index in [0.29, 0.717) is 38.5 Å². The standard InChI is InChI=1S/C22H26FN3O2/c1-16(2)15-21(27)24-17-7-9-18(10-8-17)25-11-13-26(14-12-25)22(28)19-5-3-4-6-20(19)23/h3-10,16H,11-15H2,1-2H3,(H,24,27). The van der Waals surface area contributed by atoms with Crippen LogP contribution in [0.5, 0.6) is 0 Å². The van der Waals surface area contributed by atoms with E-state index < -0.39 is 5.82 Å². The molecule has 5 nitrogen and oxygen atoms in total. The molecule has 2 amide bonds. The number of hydrogen-bond acceptors (Lipinski definition) is 3. The Balaban J connectivity index is 1.55. The zero-order chi connectivity index (χ0) is 20.1. The third-order valence-electron chi connectivity index (χ3n) is 4.78. The smallest absolute Gasteiger partial charge is 0.256 e. The Bertz CT molecular complexity index is 828. The summed E-state index contributed by atoms with van der Waals surface area (Å²) >= 11 is 0. The fourth-order valence-electron chi connectivity index (χ4n) is 3.31. The quantitative estimate of drug-likeness (QED) is 0.855. The maximum atomic E-state index is 13.8. The Morgan fingerprint density at radius 1 is 1.00 bits per heavy atom. The molecule has 2 aromatic rings. The second-order valence-electron chi connectivity index (χ2n) is 7.45. The van der Waals surface area contributed by atoms with Crippen molar-refractivity contribution in [2.45, 2.75) is 20.3 Å². The largest absolute Gasteiger partial charge is 0.368 e. The van der Waals surface area contributed by atoms with E-state index in [-0.39, 0.29) is 17.4 Å². The first kappa shape index (κ1) is 19.9. The lowest BCUT2D eigenvalue weighted by atomic mass is 10.1. The number of amides is 2. The summed E-state index contributed by atoms with van der Waals surface area (Å²) in [4.78, 5) is 28.3. The minimum absolute atomic E-state index is 0.0167. The average Bonchev–Trinajstić information content (AvgIpc) is 2.68. The van der Waals surface area contributed by atoms with E-state index in [1.165, 1.54) is 12.1 Å². The Labute approximate surface area is 165 Å². The van der Waals surface area contributed by atoms with Crippen LogP contribution in [-0.4, -0.2) is 42.9 Å². The molecule has 0 bridgehead atoms. The molecule has 1 heterocycles. The van der Waals surface area contributed by atoms with E-state index in [0.717, 1.165) is 11.4 Å². The van der Waals surface area contributed by atoms with Crippen LogP contribution in [0.25, 0.3) is 0 Å². The van der Waals surface area contributed by atoms with E-state index >= 15 is 0 Å². The average molecular weight is 383 g/mol. The van der Waals surface area contributed by atoms with Crippen LogP contribution in [0.3, 0.4) is 0 Å². The lowest BCUT2D eigenvalue weighted by molar-refractivity contribution is -0.116. The molecule has 3 rings (SSSR count). The first-order valence-corrected chi connectivity index (χ1v) is 9.62. The summed E-state index contributed by atoms with van der Waals surface area (Å²) in [7, 11) is 0. The van der Waals surface area contributed by atoms with Gasteiger partial charge in [-0.05, 0) is 42.3 Å². The number of carbonyl (C=O) groups is 2. The predicted octanol–water partition coefficient (Wildman–Crippen LogP) is 3.77. The van der Waals surface area contributed by atoms with Crippen molar-refractivity contribution in [1.29, 1.82) is 0 Å². The van der Waals surface area contributed by atoms with Gasteiger partial charge >= 0.3 is 0 Å². The van der Waals surface area contributed by atoms with Gasteiger partial charge in [-0.1, -0.05) is 26.0 Å². The van der Waals surface area contributed by atoms with Crippen LogP contribution in [0.15, 0.2) is 48.5 Å². The fraction of sp³-hybridized carbons (Fsp3) is 0.364. The van der Waals surface area contributed by atoms with E-state index in [1.54, 1.807) is 17.0 Å². The number of carbonyl (C=O) groups excluding carboxylic acids is 2. The van der Waals surface area contributed by atoms with Crippen LogP contribution in [0.1, 0.15) is 30.6 Å². The van der Waals surface area contributed by atoms with Gasteiger partial charge in [0.05, 0.1) is 5.56 Å². The first-order chi connectivity index (χ1) is 13.4. The molecule has 148 valence electrons. The molecule has 1 saturated heterocycles. The number of anilines is 2. The topological polar surface area (TPSA) is 52.7 Å². The second-order valence-corrected chi connectivity index (χ2v) is 7.45. The van der Waals surface area contributed by atoms with Gasteiger partial charge < -0.3 is 15.1 Å². The zero-order valence-electron chi connectivity index (χ0n) is 16.3. The van der Waals surface area contributed by atoms with E-state index in [4.69, 9.17) is 0 Å². The van der Waals surface area contributed by atoms with Gasteiger partial charge in [0.1, 0.15) is 5.82 Å². The third-order valence-corrected chi connectivity index (χ3v) is 4.78. The summed E-state index contributed by atoms with van der Waals surface area (Å²) in [6, 6.07) is 13.8. The SMILES string of the molecule is CC(C)CC(=O)Nc1ccc(N2CCN(C(=O)c3ccccc3F)CC2)cc1. The van der Waals surface area contributed by atoms with Crippen LogP contribution in [0, 0.1) is 11.7 Å². The van der Waals surface area contributed by atoms with E-state index in [1.807, 2.05) is 38.1 Å². The molecule has 0 aliphatic carbocycles. The van der Waals surface area contributed by atoms with E-state index in [2.05, 4.69) is 10.2 Å². The van der Waals surface area contributed by atoms with Gasteiger partial charge in [0, 0.05) is 44.0 Å². The summed E-state index contributed by atoms with van der Waals surface area (Å²) < 4.78 is 13.8. The molecular formula is C22H26FN3O2. The highest BCUT2D eigenvalue weighted by molar-refractivity contribution is 5.94. The molecule has 0 unspecified atom stereocenters. The minimum Gasteiger partial charge on any atom is -0.368 e. The molecule has 1 aliphatic rings. The molecular weight excluding hydrogens is 357 g/mol. The molecule has 0 spiro atoms. The number of nitrogens with zero attached hydrogens (tertiary/aromatic N) is 2. The van der Waals surface area contributed by atoms with Crippen LogP contribution >= 0.6 is 0 Å². The number of hydrogen-bond donors (Lipinski definition) is 1. The van der Waals surface area contributed by atoms with Gasteiger partial charge in [0.25, 0.3) is 5.91 Å². The lowest BCUT2D eigenvalue weighted by Gasteiger charge is -2.36. The molecule has 0 radical (unpaired) electrons. The molecule has 2 aromatic carbocycles. The van der Waals surface area contributed by atoms with E-state index in [9.17, 15) is 14.0 Å². The maximum absolute atomic E-state index is 13.8. The molecule has 1 fully saturated rings. The summed E-state index contributed by atoms with van der Waals surface area (Å²) in [5.74, 6) is -0.406. The summed E-state index contributed by atoms with van der Waals surface area (Å²) in [5, 5.41) is 2.90. The number of benzene rings is 2. The molecule has 1 aliphatic heterocycles. The van der Waals surface area contributed by atoms with Crippen LogP contribution in [-0.2, 0) is 4.79 Å². The Morgan fingerprint density at radius 3 is 2.25 bits per heavy atom. The van der Waals surface area contributed by atoms with Gasteiger partial charge in [0.15, 0.2) is 0 Å². The normalized spacial score (nSPS) is 14.3. The summed E-state index contributed by atoms with van der Waals surface area (Å²) in [6.07, 6.45) is 0.500. The maximum Gasteiger partial charge on any atom is 0.256 e. The van der Waals surface area contributed by atoms with Crippen LogP contribution < -0.4 is 10.2 Å². The van der Waals surface area contributed by atoms with Crippen molar-refractivity contribution in [1.82, 2.24) is 4.90 Å². The monoisotopic (exact) mass is 383 g/mol. The molecule has 0 aromatic heterocycles. The minimum atomic E-state index is -0.481. The Kier molecular flexibility index (Phi) is 6.29. The van der Waals surface area contributed by atoms with Crippen molar-refractivity contribution in [2.75, 3.05) is 36.4 Å². The molecule has 0 atom stereocenters. The van der Waals surface area contributed by atoms with Crippen LogP contribution in [0.4, 0.5) is 15.8 Å². The Hall–Kier alpha value is -2.89. The first-order valence-electron chi connectivity index (χ1n) is 9.62. The van der Waals surface area contributed by atoms with Crippen molar-refractivity contribution in [2.24, 2.45) is 5.92 Å². The van der Waals surface area contributed by atoms with Crippen molar-refractivity contribution in [3.63, 3.8) is 0 Å². The lowest BCUT2D eigenvalue weighted by Crippen LogP contribution is -2.49. The van der Waals surface area contributed by atoms with Crippen LogP contribution in [0.2, 0.25) is 0 Å². The fourth-order valence-corrected chi connectivity index (χ4v) is 3.31. The number of rotatable bonds is 5. The molecule has 28 heavy (non-hydrogen) atoms. The molecule has 6 heteroatoms. The molecule has 1 N–H and O–H groups in total. The van der Waals surface area contributed by atoms with Gasteiger partial charge in [0.2, 0.25) is 5.91 Å². The number of piperazine rings is 1. The Morgan fingerprint density at radius 2 is 1.64 bits per heavy atom. The number of nitrogens with one attached hydrogen (secondary N) is 1. The highest BCUT2D eigenvalue weighted by atomic mass is 19.1. The van der Waals surface area contributed by atoms with Crippen molar-refractivity contribution >= 4 is 23.2 Å². The second kappa shape index (κ2) is 8.87. The predicted molar refractivity (Wildman–Crippen MR) is 109 cm³/mol. The van der Waals surface area contributed by atoms with Gasteiger partial charge in [-0.3, -0.25) is 9.59 Å².